The lowest BCUT2D eigenvalue weighted by molar-refractivity contribution is 0.122. The first-order valence-corrected chi connectivity index (χ1v) is 16.8. The first-order valence-electron chi connectivity index (χ1n) is 14.2. The topological polar surface area (TPSA) is 131 Å². The van der Waals surface area contributed by atoms with E-state index in [0.29, 0.717) is 58.8 Å². The highest BCUT2D eigenvalue weighted by Crippen LogP contribution is 2.46. The molecule has 0 radical (unpaired) electrons. The van der Waals surface area contributed by atoms with E-state index < -0.39 is 7.14 Å². The van der Waals surface area contributed by atoms with Crippen molar-refractivity contribution in [2.75, 3.05) is 62.3 Å². The molecule has 0 unspecified atom stereocenters. The fraction of sp³-hybridized carbons (Fsp3) is 0.323. The van der Waals surface area contributed by atoms with Gasteiger partial charge in [-0.2, -0.15) is 10.1 Å². The van der Waals surface area contributed by atoms with Crippen LogP contribution in [0.25, 0.3) is 11.1 Å². The summed E-state index contributed by atoms with van der Waals surface area (Å²) in [6.45, 7) is 13.7. The van der Waals surface area contributed by atoms with Crippen LogP contribution in [0.1, 0.15) is 12.5 Å². The van der Waals surface area contributed by atoms with Crippen molar-refractivity contribution in [3.63, 3.8) is 0 Å². The number of anilines is 5. The predicted octanol–water partition coefficient (Wildman–Crippen LogP) is 5.82. The molecule has 1 fully saturated rings. The Kier molecular flexibility index (Phi) is 9.12. The molecule has 0 bridgehead atoms. The Balaban J connectivity index is 1.55. The third-order valence-electron chi connectivity index (χ3n) is 7.25. The van der Waals surface area contributed by atoms with Crippen LogP contribution in [0.15, 0.2) is 52.8 Å². The van der Waals surface area contributed by atoms with E-state index in [-0.39, 0.29) is 0 Å². The number of methoxy groups -OCH3 is 1. The lowest BCUT2D eigenvalue weighted by Gasteiger charge is -2.31. The molecule has 0 atom stereocenters. The first kappa shape index (κ1) is 30.9. The van der Waals surface area contributed by atoms with Crippen molar-refractivity contribution < 1.29 is 14.0 Å². The molecule has 0 saturated carbocycles. The summed E-state index contributed by atoms with van der Waals surface area (Å²) < 4.78 is 26.7. The highest BCUT2D eigenvalue weighted by Gasteiger charge is 2.25. The second-order valence-corrected chi connectivity index (χ2v) is 13.9. The molecule has 4 aromatic rings. The fourth-order valence-electron chi connectivity index (χ4n) is 5.17. The molecule has 3 heterocycles. The van der Waals surface area contributed by atoms with Gasteiger partial charge in [-0.3, -0.25) is 14.7 Å². The van der Waals surface area contributed by atoms with Crippen LogP contribution in [-0.4, -0.2) is 79.4 Å². The minimum atomic E-state index is -2.80. The van der Waals surface area contributed by atoms with Gasteiger partial charge in [0, 0.05) is 67.2 Å². The van der Waals surface area contributed by atoms with Gasteiger partial charge in [-0.1, -0.05) is 0 Å². The highest BCUT2D eigenvalue weighted by molar-refractivity contribution is 7.70. The summed E-state index contributed by atoms with van der Waals surface area (Å²) in [5, 5.41) is 11.7. The zero-order chi connectivity index (χ0) is 31.4. The molecule has 0 amide bonds. The first-order chi connectivity index (χ1) is 21.1. The summed E-state index contributed by atoms with van der Waals surface area (Å²) in [4.78, 5) is 20.2. The summed E-state index contributed by atoms with van der Waals surface area (Å²) in [7, 11) is 0.741. The minimum absolute atomic E-state index is 0.363. The van der Waals surface area contributed by atoms with Crippen molar-refractivity contribution in [1.29, 1.82) is 0 Å². The van der Waals surface area contributed by atoms with Gasteiger partial charge in [0.1, 0.15) is 24.4 Å². The summed E-state index contributed by atoms with van der Waals surface area (Å²) in [5.74, 6) is 1.56. The number of hydrogen-bond donors (Lipinski definition) is 2. The second-order valence-electron chi connectivity index (χ2n) is 10.8. The van der Waals surface area contributed by atoms with E-state index in [9.17, 15) is 4.57 Å². The average molecular weight is 616 g/mol. The summed E-state index contributed by atoms with van der Waals surface area (Å²) in [6.07, 6.45) is 7.22. The molecule has 2 aromatic heterocycles. The van der Waals surface area contributed by atoms with Crippen molar-refractivity contribution in [3.05, 3.63) is 48.4 Å². The molecule has 0 aliphatic carbocycles. The van der Waals surface area contributed by atoms with E-state index in [1.54, 1.807) is 50.5 Å². The van der Waals surface area contributed by atoms with Crippen LogP contribution in [0.2, 0.25) is 0 Å². The predicted molar refractivity (Wildman–Crippen MR) is 180 cm³/mol. The molecule has 1 saturated heterocycles. The fourth-order valence-corrected chi connectivity index (χ4v) is 6.56. The number of morpholine rings is 1. The molecule has 230 valence electrons. The van der Waals surface area contributed by atoms with E-state index in [1.165, 1.54) is 0 Å². The zero-order valence-electron chi connectivity index (χ0n) is 26.0. The van der Waals surface area contributed by atoms with Gasteiger partial charge in [0.25, 0.3) is 0 Å². The van der Waals surface area contributed by atoms with Gasteiger partial charge in [0.05, 0.1) is 48.9 Å². The van der Waals surface area contributed by atoms with Gasteiger partial charge < -0.3 is 29.6 Å². The van der Waals surface area contributed by atoms with Crippen molar-refractivity contribution in [1.82, 2.24) is 19.7 Å². The maximum absolute atomic E-state index is 13.5. The molecule has 0 spiro atoms. The maximum atomic E-state index is 13.5. The van der Waals surface area contributed by atoms with Crippen molar-refractivity contribution in [3.8, 4) is 16.9 Å². The Bertz CT molecular complexity index is 1760. The highest BCUT2D eigenvalue weighted by atomic mass is 31.2. The number of nitrogens with zero attached hydrogens (tertiary/aromatic N) is 7. The standard InChI is InChI=1S/C31H38N9O3P/c1-8-33-28-23(32-3)9-10-24(29(28)44(6,7)41)36-30-20(2)17-34-31(38-30)37-25-15-22(21-18-35-39(4)19-21)26(16-27(25)42-5)40-11-13-43-14-12-40/h8-10,15-19H,3,11-14H2,1-2,4-7H3,(H2,34,36,37,38). The van der Waals surface area contributed by atoms with Crippen LogP contribution in [0, 0.1) is 6.92 Å². The molecule has 1 aliphatic heterocycles. The molecule has 44 heavy (non-hydrogen) atoms. The van der Waals surface area contributed by atoms with Gasteiger partial charge in [-0.25, -0.2) is 4.98 Å². The summed E-state index contributed by atoms with van der Waals surface area (Å²) in [5.41, 5.74) is 6.24. The quantitative estimate of drug-likeness (QED) is 0.167. The Labute approximate surface area is 257 Å². The van der Waals surface area contributed by atoms with Crippen LogP contribution >= 0.6 is 7.14 Å². The lowest BCUT2D eigenvalue weighted by Crippen LogP contribution is -2.36. The number of aryl methyl sites for hydroxylation is 2. The SMILES string of the molecule is C=Nc1ccc(Nc2nc(Nc3cc(-c4cnn(C)c4)c(N4CCOCC4)cc3OC)ncc2C)c(P(C)(C)=O)c1N=CC. The summed E-state index contributed by atoms with van der Waals surface area (Å²) in [6, 6.07) is 7.69. The lowest BCUT2D eigenvalue weighted by atomic mass is 10.0. The second kappa shape index (κ2) is 13.0. The van der Waals surface area contributed by atoms with Gasteiger partial charge in [0.2, 0.25) is 5.95 Å². The van der Waals surface area contributed by atoms with Crippen molar-refractivity contribution >= 4 is 65.6 Å². The van der Waals surface area contributed by atoms with Crippen LogP contribution < -0.4 is 25.6 Å². The normalized spacial score (nSPS) is 13.7. The maximum Gasteiger partial charge on any atom is 0.229 e. The Morgan fingerprint density at radius 3 is 2.55 bits per heavy atom. The Morgan fingerprint density at radius 2 is 1.91 bits per heavy atom. The number of ether oxygens (including phenoxy) is 2. The number of rotatable bonds is 10. The largest absolute Gasteiger partial charge is 0.494 e. The van der Waals surface area contributed by atoms with Crippen LogP contribution in [0.3, 0.4) is 0 Å². The van der Waals surface area contributed by atoms with Crippen LogP contribution in [-0.2, 0) is 16.3 Å². The minimum Gasteiger partial charge on any atom is -0.494 e. The average Bonchev–Trinajstić information content (AvgIpc) is 3.44. The molecule has 2 aromatic carbocycles. The molecule has 13 heteroatoms. The molecule has 1 aliphatic rings. The number of aromatic nitrogens is 4. The van der Waals surface area contributed by atoms with Crippen LogP contribution in [0.4, 0.5) is 40.2 Å². The van der Waals surface area contributed by atoms with Crippen molar-refractivity contribution in [2.45, 2.75) is 13.8 Å². The number of hydrogen-bond acceptors (Lipinski definition) is 11. The van der Waals surface area contributed by atoms with E-state index in [4.69, 9.17) is 14.5 Å². The zero-order valence-corrected chi connectivity index (χ0v) is 26.9. The summed E-state index contributed by atoms with van der Waals surface area (Å²) >= 11 is 0. The van der Waals surface area contributed by atoms with Crippen molar-refractivity contribution in [2.24, 2.45) is 17.0 Å². The van der Waals surface area contributed by atoms with Gasteiger partial charge in [-0.05, 0) is 52.1 Å². The molecule has 2 N–H and O–H groups in total. The molecular weight excluding hydrogens is 577 g/mol. The molecular formula is C31H38N9O3P. The number of nitrogens with one attached hydrogen (secondary N) is 2. The smallest absolute Gasteiger partial charge is 0.229 e. The van der Waals surface area contributed by atoms with E-state index in [0.717, 1.165) is 35.5 Å². The molecule has 12 nitrogen and oxygen atoms in total. The van der Waals surface area contributed by atoms with Gasteiger partial charge in [-0.15, -0.1) is 0 Å². The van der Waals surface area contributed by atoms with E-state index in [2.05, 4.69) is 42.3 Å². The molecule has 5 rings (SSSR count). The third-order valence-corrected chi connectivity index (χ3v) is 8.78. The third kappa shape index (κ3) is 6.51. The van der Waals surface area contributed by atoms with Gasteiger partial charge in [0.15, 0.2) is 0 Å². The van der Waals surface area contributed by atoms with E-state index >= 15 is 0 Å². The number of benzene rings is 2. The Morgan fingerprint density at radius 1 is 1.14 bits per heavy atom. The monoisotopic (exact) mass is 615 g/mol. The van der Waals surface area contributed by atoms with Gasteiger partial charge >= 0.3 is 0 Å². The van der Waals surface area contributed by atoms with Crippen LogP contribution in [0.5, 0.6) is 5.75 Å². The number of aliphatic imine (C=N–C) groups is 2. The Hall–Kier alpha value is -4.54. The van der Waals surface area contributed by atoms with E-state index in [1.807, 2.05) is 44.6 Å².